The monoisotopic (exact) mass is 290 g/mol. The molecular formula is C12H26N4O2S. The van der Waals surface area contributed by atoms with Crippen molar-refractivity contribution in [1.82, 2.24) is 10.0 Å². The van der Waals surface area contributed by atoms with Gasteiger partial charge in [0.1, 0.15) is 0 Å². The number of nitrogens with two attached hydrogens (primary N) is 1. The maximum atomic E-state index is 11.6. The first-order chi connectivity index (χ1) is 8.89. The van der Waals surface area contributed by atoms with Crippen LogP contribution in [0.1, 0.15) is 46.0 Å². The van der Waals surface area contributed by atoms with Gasteiger partial charge in [-0.2, -0.15) is 0 Å². The topological polar surface area (TPSA) is 96.6 Å². The summed E-state index contributed by atoms with van der Waals surface area (Å²) in [5.74, 6) is 0.324. The van der Waals surface area contributed by atoms with E-state index in [1.807, 2.05) is 0 Å². The Labute approximate surface area is 116 Å². The van der Waals surface area contributed by atoms with E-state index in [1.54, 1.807) is 13.8 Å². The minimum Gasteiger partial charge on any atom is -0.370 e. The van der Waals surface area contributed by atoms with Gasteiger partial charge in [-0.25, -0.2) is 13.1 Å². The zero-order valence-electron chi connectivity index (χ0n) is 11.9. The van der Waals surface area contributed by atoms with Gasteiger partial charge in [0.15, 0.2) is 5.96 Å². The third-order valence-electron chi connectivity index (χ3n) is 3.01. The molecule has 0 bridgehead atoms. The Balaban J connectivity index is 2.31. The van der Waals surface area contributed by atoms with Crippen LogP contribution >= 0.6 is 0 Å². The van der Waals surface area contributed by atoms with Crippen molar-refractivity contribution in [1.29, 1.82) is 0 Å². The maximum Gasteiger partial charge on any atom is 0.213 e. The van der Waals surface area contributed by atoms with Gasteiger partial charge in [-0.3, -0.25) is 4.99 Å². The van der Waals surface area contributed by atoms with Crippen molar-refractivity contribution in [2.24, 2.45) is 10.7 Å². The van der Waals surface area contributed by atoms with Crippen LogP contribution in [-0.4, -0.2) is 38.8 Å². The predicted molar refractivity (Wildman–Crippen MR) is 78.6 cm³/mol. The maximum absolute atomic E-state index is 11.6. The average molecular weight is 290 g/mol. The Morgan fingerprint density at radius 3 is 2.53 bits per heavy atom. The van der Waals surface area contributed by atoms with Crippen LogP contribution in [0.5, 0.6) is 0 Å². The number of aliphatic imine (C=N–C) groups is 1. The van der Waals surface area contributed by atoms with Gasteiger partial charge in [0.25, 0.3) is 0 Å². The summed E-state index contributed by atoms with van der Waals surface area (Å²) in [6, 6.07) is 0.301. The Morgan fingerprint density at radius 1 is 1.32 bits per heavy atom. The molecule has 0 spiro atoms. The smallest absolute Gasteiger partial charge is 0.213 e. The largest absolute Gasteiger partial charge is 0.370 e. The van der Waals surface area contributed by atoms with Crippen molar-refractivity contribution in [2.45, 2.75) is 58.0 Å². The third-order valence-corrected chi connectivity index (χ3v) is 4.57. The summed E-state index contributed by atoms with van der Waals surface area (Å²) in [6.45, 7) is 3.77. The van der Waals surface area contributed by atoms with Gasteiger partial charge < -0.3 is 11.1 Å². The molecule has 19 heavy (non-hydrogen) atoms. The van der Waals surface area contributed by atoms with Crippen LogP contribution in [0, 0.1) is 0 Å². The second kappa shape index (κ2) is 7.69. The summed E-state index contributed by atoms with van der Waals surface area (Å²) in [6.07, 6.45) is 5.95. The van der Waals surface area contributed by atoms with Crippen molar-refractivity contribution >= 4 is 16.0 Å². The Bertz CT molecular complexity index is 387. The second-order valence-electron chi connectivity index (χ2n) is 5.34. The van der Waals surface area contributed by atoms with Gasteiger partial charge in [0.05, 0.1) is 12.3 Å². The summed E-state index contributed by atoms with van der Waals surface area (Å²) in [5, 5.41) is 3.16. The normalized spacial score (nSPS) is 18.8. The molecule has 112 valence electrons. The molecule has 0 unspecified atom stereocenters. The van der Waals surface area contributed by atoms with Crippen molar-refractivity contribution in [3.63, 3.8) is 0 Å². The fraction of sp³-hybridized carbons (Fsp3) is 0.917. The Kier molecular flexibility index (Phi) is 6.57. The van der Waals surface area contributed by atoms with Crippen LogP contribution in [-0.2, 0) is 10.0 Å². The van der Waals surface area contributed by atoms with Crippen LogP contribution in [0.15, 0.2) is 4.99 Å². The SMILES string of the molecule is CC(C)NS(=O)(=O)CCN=C(N)NC1CCCCC1. The summed E-state index contributed by atoms with van der Waals surface area (Å²) < 4.78 is 25.7. The average Bonchev–Trinajstić information content (AvgIpc) is 2.28. The minimum atomic E-state index is -3.25. The van der Waals surface area contributed by atoms with Crippen molar-refractivity contribution in [2.75, 3.05) is 12.3 Å². The number of rotatable bonds is 6. The Morgan fingerprint density at radius 2 is 1.95 bits per heavy atom. The molecule has 0 aromatic carbocycles. The summed E-state index contributed by atoms with van der Waals surface area (Å²) in [5.41, 5.74) is 5.76. The zero-order valence-corrected chi connectivity index (χ0v) is 12.7. The fourth-order valence-electron chi connectivity index (χ4n) is 2.21. The molecule has 0 aromatic rings. The summed E-state index contributed by atoms with van der Waals surface area (Å²) in [4.78, 5) is 4.07. The van der Waals surface area contributed by atoms with Gasteiger partial charge in [-0.05, 0) is 26.7 Å². The van der Waals surface area contributed by atoms with E-state index in [2.05, 4.69) is 15.0 Å². The highest BCUT2D eigenvalue weighted by Gasteiger charge is 2.14. The van der Waals surface area contributed by atoms with Gasteiger partial charge in [0, 0.05) is 12.1 Å². The molecule has 0 atom stereocenters. The number of sulfonamides is 1. The summed E-state index contributed by atoms with van der Waals surface area (Å²) >= 11 is 0. The number of hydrogen-bond acceptors (Lipinski definition) is 3. The Hall–Kier alpha value is -0.820. The number of hydrogen-bond donors (Lipinski definition) is 3. The highest BCUT2D eigenvalue weighted by Crippen LogP contribution is 2.16. The molecule has 1 saturated carbocycles. The van der Waals surface area contributed by atoms with Crippen LogP contribution in [0.2, 0.25) is 0 Å². The van der Waals surface area contributed by atoms with Gasteiger partial charge in [-0.1, -0.05) is 19.3 Å². The predicted octanol–water partition coefficient (Wildman–Crippen LogP) is 0.551. The fourth-order valence-corrected chi connectivity index (χ4v) is 3.37. The highest BCUT2D eigenvalue weighted by atomic mass is 32.2. The van der Waals surface area contributed by atoms with Crippen molar-refractivity contribution in [3.05, 3.63) is 0 Å². The molecule has 7 heteroatoms. The van der Waals surface area contributed by atoms with E-state index >= 15 is 0 Å². The molecule has 1 rings (SSSR count). The standard InChI is InChI=1S/C12H26N4O2S/c1-10(2)16-19(17,18)9-8-14-12(13)15-11-6-4-3-5-7-11/h10-11,16H,3-9H2,1-2H3,(H3,13,14,15). The molecule has 6 nitrogen and oxygen atoms in total. The first-order valence-electron chi connectivity index (χ1n) is 6.95. The molecule has 4 N–H and O–H groups in total. The van der Waals surface area contributed by atoms with E-state index in [0.717, 1.165) is 12.8 Å². The quantitative estimate of drug-likeness (QED) is 0.491. The van der Waals surface area contributed by atoms with Crippen molar-refractivity contribution < 1.29 is 8.42 Å². The molecule has 1 aliphatic carbocycles. The van der Waals surface area contributed by atoms with E-state index in [-0.39, 0.29) is 18.3 Å². The molecule has 1 aliphatic rings. The van der Waals surface area contributed by atoms with E-state index in [4.69, 9.17) is 5.73 Å². The van der Waals surface area contributed by atoms with Crippen LogP contribution in [0.25, 0.3) is 0 Å². The molecule has 0 saturated heterocycles. The second-order valence-corrected chi connectivity index (χ2v) is 7.21. The molecule has 0 aliphatic heterocycles. The third kappa shape index (κ3) is 7.37. The zero-order chi connectivity index (χ0) is 14.3. The van der Waals surface area contributed by atoms with E-state index in [9.17, 15) is 8.42 Å². The van der Waals surface area contributed by atoms with Crippen LogP contribution in [0.4, 0.5) is 0 Å². The number of guanidine groups is 1. The highest BCUT2D eigenvalue weighted by molar-refractivity contribution is 7.89. The van der Waals surface area contributed by atoms with E-state index < -0.39 is 10.0 Å². The summed E-state index contributed by atoms with van der Waals surface area (Å²) in [7, 11) is -3.25. The lowest BCUT2D eigenvalue weighted by Crippen LogP contribution is -2.41. The molecule has 0 amide bonds. The lowest BCUT2D eigenvalue weighted by atomic mass is 9.96. The molecular weight excluding hydrogens is 264 g/mol. The van der Waals surface area contributed by atoms with Crippen LogP contribution < -0.4 is 15.8 Å². The first-order valence-corrected chi connectivity index (χ1v) is 8.61. The van der Waals surface area contributed by atoms with Crippen molar-refractivity contribution in [3.8, 4) is 0 Å². The van der Waals surface area contributed by atoms with Crippen LogP contribution in [0.3, 0.4) is 0 Å². The van der Waals surface area contributed by atoms with Gasteiger partial charge >= 0.3 is 0 Å². The lowest BCUT2D eigenvalue weighted by molar-refractivity contribution is 0.412. The molecule has 0 radical (unpaired) electrons. The number of nitrogens with one attached hydrogen (secondary N) is 2. The number of nitrogens with zero attached hydrogens (tertiary/aromatic N) is 1. The lowest BCUT2D eigenvalue weighted by Gasteiger charge is -2.23. The van der Waals surface area contributed by atoms with E-state index in [1.165, 1.54) is 19.3 Å². The van der Waals surface area contributed by atoms with Gasteiger partial charge in [-0.15, -0.1) is 0 Å². The van der Waals surface area contributed by atoms with E-state index in [0.29, 0.717) is 12.0 Å². The minimum absolute atomic E-state index is 0.0295. The molecule has 0 heterocycles. The first kappa shape index (κ1) is 16.2. The van der Waals surface area contributed by atoms with Gasteiger partial charge in [0.2, 0.25) is 10.0 Å². The molecule has 0 aromatic heterocycles. The molecule has 1 fully saturated rings.